The highest BCUT2D eigenvalue weighted by atomic mass is 15.2. The Morgan fingerprint density at radius 1 is 0.317 bits per heavy atom. The molecule has 0 amide bonds. The predicted molar refractivity (Wildman–Crippen MR) is 270 cm³/mol. The summed E-state index contributed by atoms with van der Waals surface area (Å²) >= 11 is 0. The van der Waals surface area contributed by atoms with Crippen LogP contribution in [0, 0.1) is 0 Å². The average Bonchev–Trinajstić information content (AvgIpc) is 4.05. The van der Waals surface area contributed by atoms with E-state index in [-0.39, 0.29) is 6.71 Å². The van der Waals surface area contributed by atoms with Gasteiger partial charge in [0.15, 0.2) is 0 Å². The van der Waals surface area contributed by atoms with Crippen molar-refractivity contribution in [3.63, 3.8) is 0 Å². The molecule has 2 aliphatic heterocycles. The minimum Gasteiger partial charge on any atom is -0.311 e. The standard InChI is InChI=1S/C60H41BN2/c1-3-18-46-42(14-1)44-16-5-7-20-48(44)52-34-38(28-30-50(46)52)62-56-24-11-25-57-58(56)61(54-32-26-36-12-9-22-40(36)59(54)62)55-33-27-37-13-10-23-41(37)60(55)63(57)39-29-31-51-47-19-4-2-15-43(47)45-17-6-8-21-49(45)53(51)35-39/h1-8,11,14-21,24-35H,9-10,12-13,22-23H2. The van der Waals surface area contributed by atoms with Gasteiger partial charge < -0.3 is 9.80 Å². The first-order valence-electron chi connectivity index (χ1n) is 23.0. The van der Waals surface area contributed by atoms with Crippen molar-refractivity contribution in [3.8, 4) is 0 Å². The number of aryl methyl sites for hydroxylation is 2. The minimum absolute atomic E-state index is 0.126. The number of fused-ring (bicyclic) bond motifs is 20. The smallest absolute Gasteiger partial charge is 0.252 e. The van der Waals surface area contributed by atoms with Crippen molar-refractivity contribution in [2.45, 2.75) is 38.5 Å². The summed E-state index contributed by atoms with van der Waals surface area (Å²) in [6.45, 7) is 0.126. The Bertz CT molecular complexity index is 3530. The first kappa shape index (κ1) is 34.3. The van der Waals surface area contributed by atoms with E-state index < -0.39 is 0 Å². The molecule has 4 aliphatic rings. The van der Waals surface area contributed by atoms with Crippen molar-refractivity contribution in [2.24, 2.45) is 0 Å². The molecule has 3 heteroatoms. The summed E-state index contributed by atoms with van der Waals surface area (Å²) < 4.78 is 0. The fraction of sp³-hybridized carbons (Fsp3) is 0.100. The highest BCUT2D eigenvalue weighted by Crippen LogP contribution is 2.50. The highest BCUT2D eigenvalue weighted by Gasteiger charge is 2.45. The zero-order valence-corrected chi connectivity index (χ0v) is 35.0. The number of nitrogens with zero attached hydrogens (tertiary/aromatic N) is 2. The van der Waals surface area contributed by atoms with E-state index in [1.165, 1.54) is 150 Å². The van der Waals surface area contributed by atoms with Crippen LogP contribution >= 0.6 is 0 Å². The number of benzene rings is 11. The third-order valence-electron chi connectivity index (χ3n) is 15.4. The van der Waals surface area contributed by atoms with E-state index in [4.69, 9.17) is 0 Å². The Kier molecular flexibility index (Phi) is 6.86. The molecule has 0 saturated carbocycles. The summed E-state index contributed by atoms with van der Waals surface area (Å²) in [6.07, 6.45) is 6.92. The first-order valence-corrected chi connectivity index (χ1v) is 23.0. The number of rotatable bonds is 2. The van der Waals surface area contributed by atoms with Gasteiger partial charge in [0, 0.05) is 34.1 Å². The van der Waals surface area contributed by atoms with Crippen LogP contribution in [0.15, 0.2) is 176 Å². The molecule has 2 aliphatic carbocycles. The third-order valence-corrected chi connectivity index (χ3v) is 15.4. The molecule has 0 fully saturated rings. The molecule has 0 spiro atoms. The summed E-state index contributed by atoms with van der Waals surface area (Å²) in [5, 5.41) is 15.7. The maximum Gasteiger partial charge on any atom is 0.252 e. The van der Waals surface area contributed by atoms with Crippen molar-refractivity contribution < 1.29 is 0 Å². The zero-order chi connectivity index (χ0) is 40.9. The van der Waals surface area contributed by atoms with Crippen LogP contribution in [0.4, 0.5) is 34.1 Å². The third kappa shape index (κ3) is 4.54. The monoisotopic (exact) mass is 800 g/mol. The minimum atomic E-state index is 0.126. The van der Waals surface area contributed by atoms with Gasteiger partial charge in [0.25, 0.3) is 6.71 Å². The SMILES string of the molecule is c1cc2c3c(c1)N(c1ccc4c5ccccc5c5ccccc5c4c1)c1c(ccc4c1CCC4)B3c1ccc3c(c1N2c1ccc2c4ccccc4c4ccccc4c2c1)CCC3. The van der Waals surface area contributed by atoms with Gasteiger partial charge in [0.1, 0.15) is 0 Å². The largest absolute Gasteiger partial charge is 0.311 e. The van der Waals surface area contributed by atoms with Gasteiger partial charge in [-0.15, -0.1) is 0 Å². The van der Waals surface area contributed by atoms with Gasteiger partial charge in [-0.3, -0.25) is 0 Å². The van der Waals surface area contributed by atoms with Gasteiger partial charge in [-0.05, 0) is 178 Å². The molecular weight excluding hydrogens is 759 g/mol. The molecule has 0 radical (unpaired) electrons. The van der Waals surface area contributed by atoms with Crippen molar-refractivity contribution in [1.82, 2.24) is 0 Å². The maximum atomic E-state index is 2.68. The predicted octanol–water partition coefficient (Wildman–Crippen LogP) is 13.7. The van der Waals surface area contributed by atoms with Crippen LogP contribution in [0.3, 0.4) is 0 Å². The van der Waals surface area contributed by atoms with Gasteiger partial charge >= 0.3 is 0 Å². The number of hydrogen-bond donors (Lipinski definition) is 0. The molecule has 0 aromatic heterocycles. The zero-order valence-electron chi connectivity index (χ0n) is 35.0. The van der Waals surface area contributed by atoms with E-state index >= 15 is 0 Å². The van der Waals surface area contributed by atoms with E-state index in [1.807, 2.05) is 0 Å². The lowest BCUT2D eigenvalue weighted by atomic mass is 9.33. The van der Waals surface area contributed by atoms with Gasteiger partial charge in [0.2, 0.25) is 0 Å². The van der Waals surface area contributed by atoms with Crippen molar-refractivity contribution in [3.05, 3.63) is 198 Å². The fourth-order valence-electron chi connectivity index (χ4n) is 12.9. The summed E-state index contributed by atoms with van der Waals surface area (Å²) in [6, 6.07) is 67.6. The van der Waals surface area contributed by atoms with Crippen molar-refractivity contribution in [2.75, 3.05) is 9.80 Å². The second-order valence-corrected chi connectivity index (χ2v) is 18.4. The molecule has 0 unspecified atom stereocenters. The Morgan fingerprint density at radius 2 is 0.683 bits per heavy atom. The molecule has 294 valence electrons. The van der Waals surface area contributed by atoms with Crippen LogP contribution in [0.5, 0.6) is 0 Å². The Hall–Kier alpha value is -7.36. The number of anilines is 6. The van der Waals surface area contributed by atoms with Crippen LogP contribution < -0.4 is 26.2 Å². The molecule has 0 saturated heterocycles. The Morgan fingerprint density at radius 3 is 1.08 bits per heavy atom. The highest BCUT2D eigenvalue weighted by molar-refractivity contribution is 7.00. The van der Waals surface area contributed by atoms with E-state index in [1.54, 1.807) is 0 Å². The summed E-state index contributed by atoms with van der Waals surface area (Å²) in [4.78, 5) is 5.35. The molecule has 0 N–H and O–H groups in total. The van der Waals surface area contributed by atoms with E-state index in [0.29, 0.717) is 0 Å². The van der Waals surface area contributed by atoms with Crippen molar-refractivity contribution >= 4 is 122 Å². The summed E-state index contributed by atoms with van der Waals surface area (Å²) in [5.74, 6) is 0. The fourth-order valence-corrected chi connectivity index (χ4v) is 12.9. The quantitative estimate of drug-likeness (QED) is 0.127. The van der Waals surface area contributed by atoms with E-state index in [0.717, 1.165) is 25.7 Å². The normalized spacial score (nSPS) is 14.8. The van der Waals surface area contributed by atoms with Gasteiger partial charge in [0.05, 0.1) is 0 Å². The molecule has 2 nitrogen and oxygen atoms in total. The van der Waals surface area contributed by atoms with Crippen LogP contribution in [-0.4, -0.2) is 6.71 Å². The van der Waals surface area contributed by atoms with Gasteiger partial charge in [-0.1, -0.05) is 140 Å². The lowest BCUT2D eigenvalue weighted by Gasteiger charge is -2.45. The van der Waals surface area contributed by atoms with Gasteiger partial charge in [-0.25, -0.2) is 0 Å². The average molecular weight is 801 g/mol. The molecule has 11 aromatic carbocycles. The summed E-state index contributed by atoms with van der Waals surface area (Å²) in [5.41, 5.74) is 18.2. The lowest BCUT2D eigenvalue weighted by Crippen LogP contribution is -2.61. The van der Waals surface area contributed by atoms with Crippen LogP contribution in [0.1, 0.15) is 35.1 Å². The van der Waals surface area contributed by atoms with Crippen molar-refractivity contribution in [1.29, 1.82) is 0 Å². The Balaban J connectivity index is 1.03. The molecule has 0 atom stereocenters. The maximum absolute atomic E-state index is 2.68. The second kappa shape index (κ2) is 12.6. The number of hydrogen-bond acceptors (Lipinski definition) is 2. The van der Waals surface area contributed by atoms with E-state index in [2.05, 4.69) is 186 Å². The van der Waals surface area contributed by atoms with Crippen LogP contribution in [-0.2, 0) is 25.7 Å². The molecule has 11 aromatic rings. The topological polar surface area (TPSA) is 6.48 Å². The lowest BCUT2D eigenvalue weighted by molar-refractivity contribution is 0.911. The second-order valence-electron chi connectivity index (χ2n) is 18.4. The molecule has 63 heavy (non-hydrogen) atoms. The van der Waals surface area contributed by atoms with Crippen LogP contribution in [0.25, 0.3) is 64.6 Å². The van der Waals surface area contributed by atoms with Crippen LogP contribution in [0.2, 0.25) is 0 Å². The molecular formula is C60H41BN2. The summed E-state index contributed by atoms with van der Waals surface area (Å²) in [7, 11) is 0. The molecule has 0 bridgehead atoms. The first-order chi connectivity index (χ1) is 31.3. The molecule has 2 heterocycles. The van der Waals surface area contributed by atoms with E-state index in [9.17, 15) is 0 Å². The van der Waals surface area contributed by atoms with Gasteiger partial charge in [-0.2, -0.15) is 0 Å². The Labute approximate surface area is 366 Å². The molecule has 15 rings (SSSR count).